The van der Waals surface area contributed by atoms with Crippen LogP contribution in [0.25, 0.3) is 0 Å². The summed E-state index contributed by atoms with van der Waals surface area (Å²) in [5, 5.41) is 9.05. The van der Waals surface area contributed by atoms with E-state index >= 15 is 0 Å². The molecule has 2 rings (SSSR count). The van der Waals surface area contributed by atoms with E-state index in [4.69, 9.17) is 4.42 Å². The largest absolute Gasteiger partial charge is 0.467 e. The average molecular weight is 326 g/mol. The smallest absolute Gasteiger partial charge is 0.244 e. The molecule has 1 atom stereocenters. The summed E-state index contributed by atoms with van der Waals surface area (Å²) in [5.74, 6) is 0.142. The van der Waals surface area contributed by atoms with Gasteiger partial charge in [-0.2, -0.15) is 9.82 Å². The van der Waals surface area contributed by atoms with Gasteiger partial charge in [0.15, 0.2) is 0 Å². The molecule has 1 amide bonds. The Labute approximate surface area is 128 Å². The molecule has 0 fully saturated rings. The summed E-state index contributed by atoms with van der Waals surface area (Å²) in [4.78, 5) is 12.0. The number of aryl methyl sites for hydroxylation is 2. The maximum absolute atomic E-state index is 12.3. The van der Waals surface area contributed by atoms with Crippen LogP contribution in [0.3, 0.4) is 0 Å². The first-order valence-electron chi connectivity index (χ1n) is 6.65. The van der Waals surface area contributed by atoms with Crippen LogP contribution in [0.1, 0.15) is 24.1 Å². The summed E-state index contributed by atoms with van der Waals surface area (Å²) in [6.45, 7) is 4.86. The highest BCUT2D eigenvalue weighted by molar-refractivity contribution is 7.89. The molecule has 3 N–H and O–H groups in total. The molecule has 0 bridgehead atoms. The minimum Gasteiger partial charge on any atom is -0.467 e. The molecule has 0 saturated heterocycles. The highest BCUT2D eigenvalue weighted by atomic mass is 32.2. The van der Waals surface area contributed by atoms with Crippen LogP contribution < -0.4 is 10.0 Å². The number of H-pyrrole nitrogens is 1. The van der Waals surface area contributed by atoms with Gasteiger partial charge in [0.25, 0.3) is 0 Å². The molecule has 0 aliphatic carbocycles. The molecule has 0 aliphatic heterocycles. The number of aromatic amines is 1. The van der Waals surface area contributed by atoms with Crippen molar-refractivity contribution in [2.75, 3.05) is 0 Å². The zero-order valence-corrected chi connectivity index (χ0v) is 13.3. The van der Waals surface area contributed by atoms with Crippen molar-refractivity contribution in [3.05, 3.63) is 35.5 Å². The number of nitrogens with zero attached hydrogens (tertiary/aromatic N) is 1. The molecular weight excluding hydrogens is 308 g/mol. The molecule has 9 heteroatoms. The lowest BCUT2D eigenvalue weighted by atomic mass is 10.3. The lowest BCUT2D eigenvalue weighted by Gasteiger charge is -2.14. The number of rotatable bonds is 6. The molecule has 0 saturated carbocycles. The van der Waals surface area contributed by atoms with Crippen molar-refractivity contribution >= 4 is 15.9 Å². The molecular formula is C13H18N4O4S. The van der Waals surface area contributed by atoms with Gasteiger partial charge >= 0.3 is 0 Å². The van der Waals surface area contributed by atoms with Gasteiger partial charge in [0.05, 0.1) is 30.2 Å². The fraction of sp³-hybridized carbons (Fsp3) is 0.385. The van der Waals surface area contributed by atoms with Crippen LogP contribution in [0.4, 0.5) is 0 Å². The highest BCUT2D eigenvalue weighted by Gasteiger charge is 2.26. The fourth-order valence-corrected chi connectivity index (χ4v) is 3.60. The SMILES string of the molecule is Cc1n[nH]c(C)c1S(=O)(=O)N[C@H](C)C(=O)NCc1ccco1. The van der Waals surface area contributed by atoms with Crippen LogP contribution in [0.2, 0.25) is 0 Å². The lowest BCUT2D eigenvalue weighted by molar-refractivity contribution is -0.122. The third-order valence-electron chi connectivity index (χ3n) is 3.07. The predicted molar refractivity (Wildman–Crippen MR) is 78.4 cm³/mol. The van der Waals surface area contributed by atoms with Crippen LogP contribution in [0.15, 0.2) is 27.7 Å². The van der Waals surface area contributed by atoms with E-state index in [1.807, 2.05) is 0 Å². The molecule has 2 aromatic heterocycles. The van der Waals surface area contributed by atoms with E-state index in [-0.39, 0.29) is 11.4 Å². The van der Waals surface area contributed by atoms with E-state index in [0.717, 1.165) is 0 Å². The van der Waals surface area contributed by atoms with Gasteiger partial charge in [-0.25, -0.2) is 8.42 Å². The fourth-order valence-electron chi connectivity index (χ4n) is 2.02. The number of hydrogen-bond donors (Lipinski definition) is 3. The normalized spacial score (nSPS) is 13.0. The number of amides is 1. The van der Waals surface area contributed by atoms with Crippen molar-refractivity contribution in [1.82, 2.24) is 20.2 Å². The standard InChI is InChI=1S/C13H18N4O4S/c1-8-12(9(2)16-15-8)22(19,20)17-10(3)13(18)14-7-11-5-4-6-21-11/h4-6,10,17H,7H2,1-3H3,(H,14,18)(H,15,16)/t10-/m1/s1. The third-order valence-corrected chi connectivity index (χ3v) is 4.87. The Morgan fingerprint density at radius 1 is 1.45 bits per heavy atom. The number of carbonyl (C=O) groups excluding carboxylic acids is 1. The predicted octanol–water partition coefficient (Wildman–Crippen LogP) is 0.603. The number of nitrogens with one attached hydrogen (secondary N) is 3. The zero-order chi connectivity index (χ0) is 16.3. The van der Waals surface area contributed by atoms with Crippen molar-refractivity contribution in [3.63, 3.8) is 0 Å². The Morgan fingerprint density at radius 3 is 2.73 bits per heavy atom. The van der Waals surface area contributed by atoms with E-state index in [1.165, 1.54) is 13.2 Å². The summed E-state index contributed by atoms with van der Waals surface area (Å²) in [5.41, 5.74) is 0.779. The Hall–Kier alpha value is -2.13. The maximum atomic E-state index is 12.3. The molecule has 8 nitrogen and oxygen atoms in total. The Bertz CT molecular complexity index is 730. The number of carbonyl (C=O) groups is 1. The third kappa shape index (κ3) is 3.55. The highest BCUT2D eigenvalue weighted by Crippen LogP contribution is 2.16. The van der Waals surface area contributed by atoms with Crippen molar-refractivity contribution in [3.8, 4) is 0 Å². The minimum absolute atomic E-state index is 0.0678. The van der Waals surface area contributed by atoms with Gasteiger partial charge in [0, 0.05) is 0 Å². The van der Waals surface area contributed by atoms with Crippen LogP contribution in [-0.4, -0.2) is 30.6 Å². The van der Waals surface area contributed by atoms with Gasteiger partial charge in [-0.3, -0.25) is 9.89 Å². The van der Waals surface area contributed by atoms with E-state index < -0.39 is 22.0 Å². The first-order valence-corrected chi connectivity index (χ1v) is 8.13. The van der Waals surface area contributed by atoms with Gasteiger partial charge in [-0.1, -0.05) is 0 Å². The first-order chi connectivity index (χ1) is 10.3. The molecule has 120 valence electrons. The summed E-state index contributed by atoms with van der Waals surface area (Å²) in [6.07, 6.45) is 1.50. The van der Waals surface area contributed by atoms with Crippen LogP contribution in [0, 0.1) is 13.8 Å². The zero-order valence-electron chi connectivity index (χ0n) is 12.5. The van der Waals surface area contributed by atoms with Crippen molar-refractivity contribution in [1.29, 1.82) is 0 Å². The Morgan fingerprint density at radius 2 is 2.18 bits per heavy atom. The van der Waals surface area contributed by atoms with Gasteiger partial charge in [-0.15, -0.1) is 0 Å². The molecule has 22 heavy (non-hydrogen) atoms. The number of aromatic nitrogens is 2. The molecule has 0 spiro atoms. The van der Waals surface area contributed by atoms with Crippen molar-refractivity contribution < 1.29 is 17.6 Å². The first kappa shape index (κ1) is 16.2. The Kier molecular flexibility index (Phi) is 4.67. The topological polar surface area (TPSA) is 117 Å². The summed E-state index contributed by atoms with van der Waals surface area (Å²) in [6, 6.07) is 2.50. The second-order valence-corrected chi connectivity index (χ2v) is 6.55. The van der Waals surface area contributed by atoms with Crippen LogP contribution in [0.5, 0.6) is 0 Å². The summed E-state index contributed by atoms with van der Waals surface area (Å²) >= 11 is 0. The summed E-state index contributed by atoms with van der Waals surface area (Å²) in [7, 11) is -3.82. The van der Waals surface area contributed by atoms with Crippen molar-refractivity contribution in [2.45, 2.75) is 38.3 Å². The molecule has 0 aliphatic rings. The second kappa shape index (κ2) is 6.32. The number of furan rings is 1. The van der Waals surface area contributed by atoms with Crippen LogP contribution >= 0.6 is 0 Å². The maximum Gasteiger partial charge on any atom is 0.244 e. The molecule has 0 radical (unpaired) electrons. The van der Waals surface area contributed by atoms with E-state index in [0.29, 0.717) is 17.1 Å². The van der Waals surface area contributed by atoms with E-state index in [2.05, 4.69) is 20.2 Å². The van der Waals surface area contributed by atoms with Gasteiger partial charge < -0.3 is 9.73 Å². The van der Waals surface area contributed by atoms with E-state index in [1.54, 1.807) is 26.0 Å². The van der Waals surface area contributed by atoms with Gasteiger partial charge in [0.2, 0.25) is 15.9 Å². The second-order valence-electron chi connectivity index (χ2n) is 4.90. The Balaban J connectivity index is 2.01. The quantitative estimate of drug-likeness (QED) is 0.719. The van der Waals surface area contributed by atoms with Crippen molar-refractivity contribution in [2.24, 2.45) is 0 Å². The molecule has 2 aromatic rings. The van der Waals surface area contributed by atoms with Gasteiger partial charge in [0.1, 0.15) is 10.7 Å². The molecule has 0 unspecified atom stereocenters. The average Bonchev–Trinajstić information content (AvgIpc) is 3.05. The molecule has 2 heterocycles. The monoisotopic (exact) mass is 326 g/mol. The minimum atomic E-state index is -3.82. The van der Waals surface area contributed by atoms with Gasteiger partial charge in [-0.05, 0) is 32.9 Å². The number of hydrogen-bond acceptors (Lipinski definition) is 5. The summed E-state index contributed by atoms with van der Waals surface area (Å²) < 4.78 is 32.1. The lowest BCUT2D eigenvalue weighted by Crippen LogP contribution is -2.44. The molecule has 0 aromatic carbocycles. The van der Waals surface area contributed by atoms with Crippen LogP contribution in [-0.2, 0) is 21.4 Å². The number of sulfonamides is 1. The van der Waals surface area contributed by atoms with E-state index in [9.17, 15) is 13.2 Å².